The summed E-state index contributed by atoms with van der Waals surface area (Å²) in [5.74, 6) is 0. The van der Waals surface area contributed by atoms with Gasteiger partial charge in [0.15, 0.2) is 0 Å². The van der Waals surface area contributed by atoms with Crippen molar-refractivity contribution < 1.29 is 73.5 Å². The third-order valence-electron chi connectivity index (χ3n) is 0. The minimum absolute atomic E-state index is 0. The van der Waals surface area contributed by atoms with E-state index >= 15 is 0 Å². The van der Waals surface area contributed by atoms with E-state index in [4.69, 9.17) is 15.3 Å². The van der Waals surface area contributed by atoms with Crippen molar-refractivity contribution in [1.29, 1.82) is 0 Å². The first kappa shape index (κ1) is 116. The number of hydrogen-bond acceptors (Lipinski definition) is 3. The second kappa shape index (κ2) is 85.5. The molecule has 0 aromatic heterocycles. The van der Waals surface area contributed by atoms with Gasteiger partial charge in [0.25, 0.3) is 0 Å². The van der Waals surface area contributed by atoms with Gasteiger partial charge in [-0.3, -0.25) is 0 Å². The maximum absolute atomic E-state index is 8.25. The van der Waals surface area contributed by atoms with Gasteiger partial charge in [-0.15, -0.1) is 0 Å². The van der Waals surface area contributed by atoms with Gasteiger partial charge in [-0.25, -0.2) is 0 Å². The second-order valence-electron chi connectivity index (χ2n) is 0.224. The molecule has 11 heavy (non-hydrogen) atoms. The molecule has 0 aromatic rings. The monoisotopic (exact) mass is 309 g/mol. The Labute approximate surface area is 88.8 Å². The molecule has 0 rings (SSSR count). The summed E-state index contributed by atoms with van der Waals surface area (Å²) in [5.41, 5.74) is 0. The first-order valence-electron chi connectivity index (χ1n) is 0.548. The smallest absolute Gasteiger partial charge is 0.0689 e. The summed E-state index contributed by atoms with van der Waals surface area (Å²) >= 11 is 0. The van der Waals surface area contributed by atoms with E-state index in [1.807, 2.05) is 0 Å². The first-order chi connectivity index (χ1) is 1.73. The number of rotatable bonds is 0. The molecule has 0 heterocycles. The van der Waals surface area contributed by atoms with Gasteiger partial charge in [-0.1, -0.05) is 0 Å². The molecule has 0 aliphatic heterocycles. The average Bonchev–Trinajstić information content (AvgIpc) is 0.811. The van der Waals surface area contributed by atoms with Gasteiger partial charge in [-0.05, 0) is 0 Å². The zero-order valence-corrected chi connectivity index (χ0v) is 8.88. The standard InChI is InChI=1S/La.NO3.6H2O/c;2-1(3)4;;;;;;/h;;6*1H2/q;-1;;;;;;. The molecule has 0 aliphatic rings. The van der Waals surface area contributed by atoms with Crippen LogP contribution in [0.25, 0.3) is 0 Å². The van der Waals surface area contributed by atoms with E-state index in [1.165, 1.54) is 0 Å². The van der Waals surface area contributed by atoms with E-state index in [2.05, 4.69) is 0 Å². The molecule has 0 saturated carbocycles. The Balaban J connectivity index is -0.00000000214. The van der Waals surface area contributed by atoms with Crippen LogP contribution in [0.1, 0.15) is 0 Å². The van der Waals surface area contributed by atoms with Crippen LogP contribution in [0.2, 0.25) is 0 Å². The SMILES string of the molecule is O.O.O.O.O.O.O=[N+]([O-])[O-].[La]. The fourth-order valence-electron chi connectivity index (χ4n) is 0. The molecule has 0 bridgehead atoms. The van der Waals surface area contributed by atoms with Gasteiger partial charge in [0.1, 0.15) is 0 Å². The summed E-state index contributed by atoms with van der Waals surface area (Å²) in [4.78, 5) is 8.25. The van der Waals surface area contributed by atoms with Crippen LogP contribution >= 0.6 is 0 Å². The summed E-state index contributed by atoms with van der Waals surface area (Å²) in [6.45, 7) is 0. The summed E-state index contributed by atoms with van der Waals surface area (Å²) < 4.78 is 0. The molecule has 0 amide bonds. The van der Waals surface area contributed by atoms with Crippen molar-refractivity contribution in [3.05, 3.63) is 15.3 Å². The topological polar surface area (TPSA) is 255 Å². The molecule has 10 nitrogen and oxygen atoms in total. The fourth-order valence-corrected chi connectivity index (χ4v) is 0. The molecule has 0 saturated heterocycles. The molecule has 75 valence electrons. The number of nitrogens with zero attached hydrogens (tertiary/aromatic N) is 1. The van der Waals surface area contributed by atoms with Crippen molar-refractivity contribution in [2.75, 3.05) is 0 Å². The van der Waals surface area contributed by atoms with Crippen LogP contribution < -0.4 is 0 Å². The van der Waals surface area contributed by atoms with Gasteiger partial charge >= 0.3 is 0 Å². The predicted octanol–water partition coefficient (Wildman–Crippen LogP) is -5.19. The van der Waals surface area contributed by atoms with Crippen molar-refractivity contribution in [2.24, 2.45) is 0 Å². The van der Waals surface area contributed by atoms with Crippen molar-refractivity contribution >= 4 is 0 Å². The van der Waals surface area contributed by atoms with Crippen molar-refractivity contribution in [3.63, 3.8) is 0 Å². The van der Waals surface area contributed by atoms with E-state index in [-0.39, 0.29) is 68.5 Å². The van der Waals surface area contributed by atoms with Crippen molar-refractivity contribution in [2.45, 2.75) is 0 Å². The van der Waals surface area contributed by atoms with Gasteiger partial charge in [-0.2, -0.15) is 0 Å². The van der Waals surface area contributed by atoms with E-state index in [0.717, 1.165) is 0 Å². The van der Waals surface area contributed by atoms with Gasteiger partial charge in [0.05, 0.1) is 5.09 Å². The Morgan fingerprint density at radius 3 is 0.727 bits per heavy atom. The molecule has 0 fully saturated rings. The van der Waals surface area contributed by atoms with E-state index < -0.39 is 5.09 Å². The molecular weight excluding hydrogens is 297 g/mol. The Morgan fingerprint density at radius 1 is 0.727 bits per heavy atom. The maximum Gasteiger partial charge on any atom is 0.0689 e. The Morgan fingerprint density at radius 2 is 0.727 bits per heavy atom. The molecule has 11 heteroatoms. The fraction of sp³-hybridized carbons (Fsp3) is 0. The van der Waals surface area contributed by atoms with Gasteiger partial charge in [0, 0.05) is 35.6 Å². The average molecular weight is 309 g/mol. The Kier molecular flexibility index (Phi) is 898. The molecule has 0 aromatic carbocycles. The van der Waals surface area contributed by atoms with Crippen LogP contribution in [0.15, 0.2) is 0 Å². The summed E-state index contributed by atoms with van der Waals surface area (Å²) in [5, 5.41) is 14.8. The molecule has 0 spiro atoms. The van der Waals surface area contributed by atoms with Crippen LogP contribution in [-0.4, -0.2) is 37.9 Å². The summed E-state index contributed by atoms with van der Waals surface area (Å²) in [6, 6.07) is 0. The maximum atomic E-state index is 8.25. The third kappa shape index (κ3) is 28200. The largest absolute Gasteiger partial charge is 0.412 e. The second-order valence-corrected chi connectivity index (χ2v) is 0.224. The normalized spacial score (nSPS) is 2.18. The molecular formula is H12LaNO9-. The first-order valence-corrected chi connectivity index (χ1v) is 0.548. The molecule has 0 atom stereocenters. The Hall–Kier alpha value is 0.155. The zero-order chi connectivity index (χ0) is 3.58. The van der Waals surface area contributed by atoms with Crippen LogP contribution in [0, 0.1) is 50.9 Å². The van der Waals surface area contributed by atoms with Crippen LogP contribution in [0.5, 0.6) is 0 Å². The van der Waals surface area contributed by atoms with Crippen molar-refractivity contribution in [3.8, 4) is 0 Å². The van der Waals surface area contributed by atoms with Gasteiger partial charge < -0.3 is 48.2 Å². The quantitative estimate of drug-likeness (QED) is 0.314. The number of hydrogen-bond donors (Lipinski definition) is 0. The minimum atomic E-state index is -1.75. The molecule has 0 unspecified atom stereocenters. The summed E-state index contributed by atoms with van der Waals surface area (Å²) in [7, 11) is 0. The van der Waals surface area contributed by atoms with E-state index in [0.29, 0.717) is 0 Å². The van der Waals surface area contributed by atoms with Crippen LogP contribution in [0.3, 0.4) is 0 Å². The van der Waals surface area contributed by atoms with Gasteiger partial charge in [0.2, 0.25) is 0 Å². The van der Waals surface area contributed by atoms with Crippen LogP contribution in [0.4, 0.5) is 0 Å². The van der Waals surface area contributed by atoms with E-state index in [1.54, 1.807) is 0 Å². The van der Waals surface area contributed by atoms with Crippen LogP contribution in [-0.2, 0) is 0 Å². The predicted molar refractivity (Wildman–Crippen MR) is 32.0 cm³/mol. The molecule has 1 radical (unpaired) electrons. The minimum Gasteiger partial charge on any atom is -0.412 e. The van der Waals surface area contributed by atoms with Crippen molar-refractivity contribution in [1.82, 2.24) is 0 Å². The molecule has 0 aliphatic carbocycles. The molecule has 12 N–H and O–H groups in total. The summed E-state index contributed by atoms with van der Waals surface area (Å²) in [6.07, 6.45) is 0. The Bertz CT molecular complexity index is 32.5. The zero-order valence-electron chi connectivity index (χ0n) is 5.25. The van der Waals surface area contributed by atoms with E-state index in [9.17, 15) is 0 Å². The third-order valence-corrected chi connectivity index (χ3v) is 0.